The lowest BCUT2D eigenvalue weighted by Crippen LogP contribution is -2.21. The van der Waals surface area contributed by atoms with Crippen molar-refractivity contribution in [2.45, 2.75) is 24.9 Å². The topological polar surface area (TPSA) is 85.0 Å². The van der Waals surface area contributed by atoms with Gasteiger partial charge in [-0.25, -0.2) is 0 Å². The number of nitrogens with zero attached hydrogens (tertiary/aromatic N) is 2. The van der Waals surface area contributed by atoms with Crippen molar-refractivity contribution >= 4 is 11.7 Å². The Morgan fingerprint density at radius 2 is 2.23 bits per heavy atom. The quantitative estimate of drug-likeness (QED) is 0.780. The molecule has 6 heteroatoms. The van der Waals surface area contributed by atoms with Gasteiger partial charge in [0.15, 0.2) is 5.82 Å². The van der Waals surface area contributed by atoms with E-state index in [2.05, 4.69) is 15.7 Å². The van der Waals surface area contributed by atoms with E-state index in [-0.39, 0.29) is 18.4 Å². The fraction of sp³-hybridized carbons (Fsp3) is 0.375. The number of anilines is 1. The number of aromatic nitrogens is 2. The van der Waals surface area contributed by atoms with Crippen LogP contribution < -0.4 is 16.4 Å². The van der Waals surface area contributed by atoms with Gasteiger partial charge in [0.2, 0.25) is 5.91 Å². The zero-order valence-corrected chi connectivity index (χ0v) is 12.4. The average Bonchev–Trinajstić information content (AvgIpc) is 3.19. The van der Waals surface area contributed by atoms with Crippen molar-refractivity contribution in [1.29, 1.82) is 0 Å². The molecular formula is C16H21N5O. The second-order valence-corrected chi connectivity index (χ2v) is 5.60. The smallest absolute Gasteiger partial charge is 0.227 e. The fourth-order valence-electron chi connectivity index (χ4n) is 2.68. The van der Waals surface area contributed by atoms with E-state index in [1.54, 1.807) is 0 Å². The summed E-state index contributed by atoms with van der Waals surface area (Å²) in [6, 6.07) is 11.5. The third kappa shape index (κ3) is 3.52. The molecule has 1 aliphatic heterocycles. The Morgan fingerprint density at radius 1 is 1.41 bits per heavy atom. The molecule has 0 spiro atoms. The Labute approximate surface area is 129 Å². The molecule has 0 aliphatic carbocycles. The highest BCUT2D eigenvalue weighted by Gasteiger charge is 2.18. The fourth-order valence-corrected chi connectivity index (χ4v) is 2.68. The van der Waals surface area contributed by atoms with Crippen LogP contribution in [0.5, 0.6) is 0 Å². The number of hydrogen-bond donors (Lipinski definition) is 3. The SMILES string of the molecule is N[C@H](CC(=O)Nc1ccn([C@@H]2CCNC2)n1)c1ccccc1. The molecule has 1 aromatic carbocycles. The number of benzene rings is 1. The van der Waals surface area contributed by atoms with Crippen molar-refractivity contribution in [3.05, 3.63) is 48.2 Å². The summed E-state index contributed by atoms with van der Waals surface area (Å²) in [7, 11) is 0. The third-order valence-electron chi connectivity index (χ3n) is 3.92. The Kier molecular flexibility index (Phi) is 4.50. The molecule has 22 heavy (non-hydrogen) atoms. The molecule has 0 radical (unpaired) electrons. The van der Waals surface area contributed by atoms with Crippen LogP contribution >= 0.6 is 0 Å². The van der Waals surface area contributed by atoms with Gasteiger partial charge in [-0.3, -0.25) is 9.48 Å². The van der Waals surface area contributed by atoms with Crippen LogP contribution in [0.4, 0.5) is 5.82 Å². The third-order valence-corrected chi connectivity index (χ3v) is 3.92. The molecule has 0 bridgehead atoms. The first-order valence-corrected chi connectivity index (χ1v) is 7.58. The molecule has 1 amide bonds. The van der Waals surface area contributed by atoms with Crippen molar-refractivity contribution < 1.29 is 4.79 Å². The minimum atomic E-state index is -0.303. The number of rotatable bonds is 5. The molecular weight excluding hydrogens is 278 g/mol. The van der Waals surface area contributed by atoms with Crippen LogP contribution in [0.15, 0.2) is 42.6 Å². The molecule has 1 aromatic heterocycles. The average molecular weight is 299 g/mol. The van der Waals surface area contributed by atoms with Gasteiger partial charge in [0, 0.05) is 31.3 Å². The molecule has 2 heterocycles. The maximum atomic E-state index is 12.1. The van der Waals surface area contributed by atoms with Crippen molar-refractivity contribution in [2.75, 3.05) is 18.4 Å². The van der Waals surface area contributed by atoms with Crippen LogP contribution in [0.3, 0.4) is 0 Å². The van der Waals surface area contributed by atoms with E-state index in [1.165, 1.54) is 0 Å². The monoisotopic (exact) mass is 299 g/mol. The first kappa shape index (κ1) is 14.7. The molecule has 0 unspecified atom stereocenters. The van der Waals surface area contributed by atoms with Crippen molar-refractivity contribution in [3.8, 4) is 0 Å². The summed E-state index contributed by atoms with van der Waals surface area (Å²) in [5.74, 6) is 0.461. The first-order valence-electron chi connectivity index (χ1n) is 7.58. The molecule has 4 N–H and O–H groups in total. The Bertz CT molecular complexity index is 618. The molecule has 2 atom stereocenters. The molecule has 2 aromatic rings. The Balaban J connectivity index is 1.55. The summed E-state index contributed by atoms with van der Waals surface area (Å²) >= 11 is 0. The highest BCUT2D eigenvalue weighted by molar-refractivity contribution is 5.90. The standard InChI is InChI=1S/C16H21N5O/c17-14(12-4-2-1-3-5-12)10-16(22)19-15-7-9-21(20-15)13-6-8-18-11-13/h1-5,7,9,13-14,18H,6,8,10-11,17H2,(H,19,20,22)/t13-,14-/m1/s1. The minimum Gasteiger partial charge on any atom is -0.324 e. The lowest BCUT2D eigenvalue weighted by atomic mass is 10.0. The van der Waals surface area contributed by atoms with E-state index in [0.717, 1.165) is 25.1 Å². The van der Waals surface area contributed by atoms with E-state index < -0.39 is 0 Å². The zero-order valence-electron chi connectivity index (χ0n) is 12.4. The summed E-state index contributed by atoms with van der Waals surface area (Å²) < 4.78 is 1.91. The van der Waals surface area contributed by atoms with Gasteiger partial charge in [-0.05, 0) is 18.5 Å². The van der Waals surface area contributed by atoms with Crippen LogP contribution in [0.1, 0.15) is 30.5 Å². The van der Waals surface area contributed by atoms with Gasteiger partial charge >= 0.3 is 0 Å². The molecule has 1 saturated heterocycles. The van der Waals surface area contributed by atoms with Crippen LogP contribution in [0.25, 0.3) is 0 Å². The van der Waals surface area contributed by atoms with Crippen LogP contribution in [0, 0.1) is 0 Å². The summed E-state index contributed by atoms with van der Waals surface area (Å²) in [6.07, 6.45) is 3.21. The van der Waals surface area contributed by atoms with Crippen LogP contribution in [0.2, 0.25) is 0 Å². The predicted octanol–water partition coefficient (Wildman–Crippen LogP) is 1.45. The van der Waals surface area contributed by atoms with E-state index in [1.807, 2.05) is 47.3 Å². The van der Waals surface area contributed by atoms with Gasteiger partial charge in [-0.15, -0.1) is 0 Å². The maximum Gasteiger partial charge on any atom is 0.227 e. The van der Waals surface area contributed by atoms with Gasteiger partial charge in [-0.2, -0.15) is 5.10 Å². The van der Waals surface area contributed by atoms with Gasteiger partial charge in [0.25, 0.3) is 0 Å². The minimum absolute atomic E-state index is 0.119. The van der Waals surface area contributed by atoms with E-state index in [9.17, 15) is 4.79 Å². The Hall–Kier alpha value is -2.18. The summed E-state index contributed by atoms with van der Waals surface area (Å²) in [6.45, 7) is 1.94. The van der Waals surface area contributed by atoms with Crippen LogP contribution in [-0.2, 0) is 4.79 Å². The summed E-state index contributed by atoms with van der Waals surface area (Å²) in [4.78, 5) is 12.1. The molecule has 0 saturated carbocycles. The first-order chi connectivity index (χ1) is 10.7. The van der Waals surface area contributed by atoms with Crippen molar-refractivity contribution in [1.82, 2.24) is 15.1 Å². The highest BCUT2D eigenvalue weighted by Crippen LogP contribution is 2.17. The zero-order chi connectivity index (χ0) is 15.4. The van der Waals surface area contributed by atoms with Gasteiger partial charge < -0.3 is 16.4 Å². The lowest BCUT2D eigenvalue weighted by Gasteiger charge is -2.11. The lowest BCUT2D eigenvalue weighted by molar-refractivity contribution is -0.116. The van der Waals surface area contributed by atoms with E-state index in [0.29, 0.717) is 11.9 Å². The number of carbonyl (C=O) groups excluding carboxylic acids is 1. The number of hydrogen-bond acceptors (Lipinski definition) is 4. The molecule has 1 fully saturated rings. The van der Waals surface area contributed by atoms with Crippen molar-refractivity contribution in [2.24, 2.45) is 5.73 Å². The number of nitrogens with two attached hydrogens (primary N) is 1. The van der Waals surface area contributed by atoms with Crippen molar-refractivity contribution in [3.63, 3.8) is 0 Å². The second-order valence-electron chi connectivity index (χ2n) is 5.60. The van der Waals surface area contributed by atoms with E-state index >= 15 is 0 Å². The Morgan fingerprint density at radius 3 is 2.95 bits per heavy atom. The maximum absolute atomic E-state index is 12.1. The molecule has 6 nitrogen and oxygen atoms in total. The largest absolute Gasteiger partial charge is 0.324 e. The van der Waals surface area contributed by atoms with E-state index in [4.69, 9.17) is 5.73 Å². The number of nitrogens with one attached hydrogen (secondary N) is 2. The second kappa shape index (κ2) is 6.72. The molecule has 116 valence electrons. The highest BCUT2D eigenvalue weighted by atomic mass is 16.1. The molecule has 1 aliphatic rings. The summed E-state index contributed by atoms with van der Waals surface area (Å²) in [5, 5.41) is 10.5. The predicted molar refractivity (Wildman–Crippen MR) is 85.4 cm³/mol. The van der Waals surface area contributed by atoms with Gasteiger partial charge in [-0.1, -0.05) is 30.3 Å². The number of carbonyl (C=O) groups is 1. The van der Waals surface area contributed by atoms with Gasteiger partial charge in [0.1, 0.15) is 0 Å². The number of amides is 1. The van der Waals surface area contributed by atoms with Gasteiger partial charge in [0.05, 0.1) is 6.04 Å². The molecule has 3 rings (SSSR count). The van der Waals surface area contributed by atoms with Crippen LogP contribution in [-0.4, -0.2) is 28.8 Å². The summed E-state index contributed by atoms with van der Waals surface area (Å²) in [5.41, 5.74) is 7.02. The normalized spacial score (nSPS) is 19.0.